The van der Waals surface area contributed by atoms with Crippen molar-refractivity contribution in [3.05, 3.63) is 53.6 Å². The van der Waals surface area contributed by atoms with Crippen LogP contribution in [0.25, 0.3) is 0 Å². The van der Waals surface area contributed by atoms with Crippen LogP contribution in [0.4, 0.5) is 5.69 Å². The molecule has 2 fully saturated rings. The number of benzene rings is 2. The summed E-state index contributed by atoms with van der Waals surface area (Å²) in [5.41, 5.74) is 2.07. The van der Waals surface area contributed by atoms with Crippen LogP contribution >= 0.6 is 0 Å². The van der Waals surface area contributed by atoms with Gasteiger partial charge in [-0.1, -0.05) is 25.0 Å². The van der Waals surface area contributed by atoms with Crippen molar-refractivity contribution in [3.63, 3.8) is 0 Å². The molecule has 0 unspecified atom stereocenters. The molecule has 0 bridgehead atoms. The number of amides is 1. The lowest BCUT2D eigenvalue weighted by Gasteiger charge is -2.52. The van der Waals surface area contributed by atoms with Crippen molar-refractivity contribution in [2.24, 2.45) is 5.92 Å². The van der Waals surface area contributed by atoms with Crippen LogP contribution in [0.2, 0.25) is 0 Å². The summed E-state index contributed by atoms with van der Waals surface area (Å²) in [6, 6.07) is 13.7. The Morgan fingerprint density at radius 3 is 2.44 bits per heavy atom. The average molecular weight is 467 g/mol. The quantitative estimate of drug-likeness (QED) is 0.618. The first-order valence-electron chi connectivity index (χ1n) is 12.6. The Balaban J connectivity index is 1.73. The van der Waals surface area contributed by atoms with Crippen LogP contribution in [0.5, 0.6) is 11.5 Å². The van der Waals surface area contributed by atoms with Gasteiger partial charge < -0.3 is 24.4 Å². The highest BCUT2D eigenvalue weighted by Gasteiger charge is 2.50. The van der Waals surface area contributed by atoms with Gasteiger partial charge in [0.2, 0.25) is 0 Å². The van der Waals surface area contributed by atoms with Crippen molar-refractivity contribution in [1.82, 2.24) is 4.90 Å². The van der Waals surface area contributed by atoms with Gasteiger partial charge in [-0.05, 0) is 62.9 Å². The molecule has 1 saturated carbocycles. The zero-order chi connectivity index (χ0) is 24.3. The van der Waals surface area contributed by atoms with Crippen molar-refractivity contribution in [2.45, 2.75) is 57.6 Å². The summed E-state index contributed by atoms with van der Waals surface area (Å²) in [6.07, 6.45) is 4.45. The maximum atomic E-state index is 13.9. The molecular formula is C28H38N2O4. The number of methoxy groups -OCH3 is 2. The van der Waals surface area contributed by atoms with E-state index in [4.69, 9.17) is 9.47 Å². The van der Waals surface area contributed by atoms with Crippen LogP contribution in [0.1, 0.15) is 67.9 Å². The smallest absolute Gasteiger partial charge is 0.258 e. The van der Waals surface area contributed by atoms with Crippen molar-refractivity contribution in [3.8, 4) is 11.5 Å². The summed E-state index contributed by atoms with van der Waals surface area (Å²) in [7, 11) is 3.17. The van der Waals surface area contributed by atoms with Gasteiger partial charge in [-0.25, -0.2) is 0 Å². The highest BCUT2D eigenvalue weighted by Crippen LogP contribution is 2.50. The van der Waals surface area contributed by atoms with Gasteiger partial charge in [0, 0.05) is 37.3 Å². The van der Waals surface area contributed by atoms with Crippen LogP contribution in [-0.4, -0.2) is 55.4 Å². The van der Waals surface area contributed by atoms with Gasteiger partial charge in [0.1, 0.15) is 11.5 Å². The summed E-state index contributed by atoms with van der Waals surface area (Å²) in [6.45, 7) is 6.73. The number of likely N-dealkylation sites (tertiary alicyclic amines) is 1. The van der Waals surface area contributed by atoms with E-state index < -0.39 is 5.60 Å². The molecular weight excluding hydrogens is 428 g/mol. The Morgan fingerprint density at radius 2 is 1.79 bits per heavy atom. The van der Waals surface area contributed by atoms with Crippen LogP contribution in [-0.2, 0) is 0 Å². The van der Waals surface area contributed by atoms with Crippen molar-refractivity contribution >= 4 is 11.6 Å². The Bertz CT molecular complexity index is 988. The Labute approximate surface area is 203 Å². The molecule has 1 aliphatic heterocycles. The molecule has 1 amide bonds. The van der Waals surface area contributed by atoms with E-state index >= 15 is 0 Å². The lowest BCUT2D eigenvalue weighted by molar-refractivity contribution is -0.115. The second kappa shape index (κ2) is 10.3. The normalized spacial score (nSPS) is 24.3. The third-order valence-electron chi connectivity index (χ3n) is 7.83. The standard InChI is InChI=1S/C28H38N2O4/c1-5-29(6-2)21-12-10-20(11-13-21)26-24-9-7-8-16-28(24,32)17-18-30(26)27(31)23-15-14-22(33-3)19-25(23)34-4/h10-15,19,24,26,32H,5-9,16-18H2,1-4H3/t24-,26+,28+/m1/s1. The fourth-order valence-corrected chi connectivity index (χ4v) is 5.92. The van der Waals surface area contributed by atoms with Gasteiger partial charge in [0.25, 0.3) is 5.91 Å². The molecule has 3 atom stereocenters. The molecule has 0 radical (unpaired) electrons. The second-order valence-electron chi connectivity index (χ2n) is 9.48. The highest BCUT2D eigenvalue weighted by atomic mass is 16.5. The van der Waals surface area contributed by atoms with E-state index in [9.17, 15) is 9.90 Å². The van der Waals surface area contributed by atoms with Crippen LogP contribution < -0.4 is 14.4 Å². The van der Waals surface area contributed by atoms with E-state index in [0.717, 1.165) is 44.3 Å². The molecule has 2 aromatic rings. The summed E-state index contributed by atoms with van der Waals surface area (Å²) < 4.78 is 10.9. The monoisotopic (exact) mass is 466 g/mol. The van der Waals surface area contributed by atoms with Crippen LogP contribution in [0, 0.1) is 5.92 Å². The SMILES string of the molecule is CCN(CC)c1ccc([C@H]2[C@H]3CCCC[C@]3(O)CCN2C(=O)c2ccc(OC)cc2OC)cc1. The van der Waals surface area contributed by atoms with Gasteiger partial charge in [0.15, 0.2) is 0 Å². The third kappa shape index (κ3) is 4.48. The van der Waals surface area contributed by atoms with Gasteiger partial charge in [0.05, 0.1) is 31.4 Å². The van der Waals surface area contributed by atoms with Crippen molar-refractivity contribution in [1.29, 1.82) is 0 Å². The van der Waals surface area contributed by atoms with Gasteiger partial charge in [-0.3, -0.25) is 4.79 Å². The first-order valence-corrected chi connectivity index (χ1v) is 12.6. The van der Waals surface area contributed by atoms with E-state index in [1.165, 1.54) is 5.69 Å². The maximum absolute atomic E-state index is 13.9. The minimum Gasteiger partial charge on any atom is -0.497 e. The zero-order valence-corrected chi connectivity index (χ0v) is 20.9. The Hall–Kier alpha value is -2.73. The maximum Gasteiger partial charge on any atom is 0.258 e. The summed E-state index contributed by atoms with van der Waals surface area (Å²) >= 11 is 0. The largest absolute Gasteiger partial charge is 0.497 e. The number of anilines is 1. The first kappa shape index (κ1) is 24.4. The molecule has 1 heterocycles. The summed E-state index contributed by atoms with van der Waals surface area (Å²) in [5.74, 6) is 1.11. The molecule has 6 heteroatoms. The van der Waals surface area contributed by atoms with Gasteiger partial charge in [-0.15, -0.1) is 0 Å². The van der Waals surface area contributed by atoms with E-state index in [-0.39, 0.29) is 17.9 Å². The molecule has 0 aromatic heterocycles. The zero-order valence-electron chi connectivity index (χ0n) is 20.9. The topological polar surface area (TPSA) is 62.2 Å². The third-order valence-corrected chi connectivity index (χ3v) is 7.83. The van der Waals surface area contributed by atoms with Crippen molar-refractivity contribution in [2.75, 3.05) is 38.8 Å². The second-order valence-corrected chi connectivity index (χ2v) is 9.48. The average Bonchev–Trinajstić information content (AvgIpc) is 2.88. The molecule has 34 heavy (non-hydrogen) atoms. The lowest BCUT2D eigenvalue weighted by Crippen LogP contribution is -2.56. The number of nitrogens with zero attached hydrogens (tertiary/aromatic N) is 2. The summed E-state index contributed by atoms with van der Waals surface area (Å²) in [5, 5.41) is 11.6. The van der Waals surface area contributed by atoms with Crippen molar-refractivity contribution < 1.29 is 19.4 Å². The Kier molecular flexibility index (Phi) is 7.36. The molecule has 1 N–H and O–H groups in total. The molecule has 0 spiro atoms. The number of aliphatic hydroxyl groups is 1. The molecule has 6 nitrogen and oxygen atoms in total. The van der Waals surface area contributed by atoms with E-state index in [1.54, 1.807) is 32.4 Å². The molecule has 2 aliphatic rings. The predicted octanol–water partition coefficient (Wildman–Crippen LogP) is 5.06. The number of carbonyl (C=O) groups excluding carboxylic acids is 1. The molecule has 1 saturated heterocycles. The lowest BCUT2D eigenvalue weighted by atomic mass is 9.66. The number of hydrogen-bond donors (Lipinski definition) is 1. The fraction of sp³-hybridized carbons (Fsp3) is 0.536. The van der Waals surface area contributed by atoms with Gasteiger partial charge in [-0.2, -0.15) is 0 Å². The first-order chi connectivity index (χ1) is 16.5. The summed E-state index contributed by atoms with van der Waals surface area (Å²) in [4.78, 5) is 18.2. The van der Waals surface area contributed by atoms with Gasteiger partial charge >= 0.3 is 0 Å². The number of piperidine rings is 1. The number of fused-ring (bicyclic) bond motifs is 1. The van der Waals surface area contributed by atoms with Crippen LogP contribution in [0.15, 0.2) is 42.5 Å². The number of ether oxygens (including phenoxy) is 2. The Morgan fingerprint density at radius 1 is 1.06 bits per heavy atom. The minimum absolute atomic E-state index is 0.0162. The number of rotatable bonds is 7. The fourth-order valence-electron chi connectivity index (χ4n) is 5.92. The molecule has 1 aliphatic carbocycles. The molecule has 4 rings (SSSR count). The van der Waals surface area contributed by atoms with E-state index in [2.05, 4.69) is 43.0 Å². The minimum atomic E-state index is -0.721. The number of hydrogen-bond acceptors (Lipinski definition) is 5. The van der Waals surface area contributed by atoms with Crippen LogP contribution in [0.3, 0.4) is 0 Å². The number of carbonyl (C=O) groups is 1. The highest BCUT2D eigenvalue weighted by molar-refractivity contribution is 5.97. The van der Waals surface area contributed by atoms with E-state index in [1.807, 2.05) is 4.90 Å². The molecule has 184 valence electrons. The molecule has 2 aromatic carbocycles. The predicted molar refractivity (Wildman–Crippen MR) is 135 cm³/mol. The van der Waals surface area contributed by atoms with E-state index in [0.29, 0.717) is 30.0 Å².